The van der Waals surface area contributed by atoms with Crippen molar-refractivity contribution in [2.24, 2.45) is 0 Å². The smallest absolute Gasteiger partial charge is 0.251 e. The van der Waals surface area contributed by atoms with Gasteiger partial charge >= 0.3 is 0 Å². The highest BCUT2D eigenvalue weighted by Gasteiger charge is 2.25. The van der Waals surface area contributed by atoms with Crippen LogP contribution in [0.5, 0.6) is 11.5 Å². The summed E-state index contributed by atoms with van der Waals surface area (Å²) < 4.78 is 8.69. The van der Waals surface area contributed by atoms with E-state index < -0.39 is 6.10 Å². The Hall–Kier alpha value is -3.75. The van der Waals surface area contributed by atoms with E-state index in [4.69, 9.17) is 4.74 Å². The summed E-state index contributed by atoms with van der Waals surface area (Å²) >= 11 is 1.66. The maximum absolute atomic E-state index is 12.3. The maximum atomic E-state index is 12.3. The molecule has 5 rings (SSSR count). The molecule has 1 heterocycles. The zero-order valence-electron chi connectivity index (χ0n) is 22.6. The lowest BCUT2D eigenvalue weighted by atomic mass is 9.88. The number of nitrogens with zero attached hydrogens (tertiary/aromatic N) is 2. The number of aliphatic hydroxyl groups excluding tert-OH is 1. The minimum Gasteiger partial charge on any atom is -0.504 e. The summed E-state index contributed by atoms with van der Waals surface area (Å²) in [6.07, 6.45) is 8.68. The van der Waals surface area contributed by atoms with E-state index >= 15 is 0 Å². The average Bonchev–Trinajstić information content (AvgIpc) is 3.49. The van der Waals surface area contributed by atoms with E-state index in [1.165, 1.54) is 11.1 Å². The van der Waals surface area contributed by atoms with Crippen molar-refractivity contribution >= 4 is 17.7 Å². The fraction of sp³-hybridized carbons (Fsp3) is 0.312. The van der Waals surface area contributed by atoms with Crippen molar-refractivity contribution in [2.45, 2.75) is 62.0 Å². The van der Waals surface area contributed by atoms with Gasteiger partial charge in [-0.3, -0.25) is 4.79 Å². The molecule has 40 heavy (non-hydrogen) atoms. The molecule has 1 aromatic heterocycles. The van der Waals surface area contributed by atoms with E-state index in [9.17, 15) is 15.0 Å². The highest BCUT2D eigenvalue weighted by Crippen LogP contribution is 2.43. The summed E-state index contributed by atoms with van der Waals surface area (Å²) in [6.45, 7) is 2.41. The first-order valence-electron chi connectivity index (χ1n) is 13.7. The van der Waals surface area contributed by atoms with Gasteiger partial charge in [0.2, 0.25) is 0 Å². The number of aromatic hydroxyl groups is 1. The Morgan fingerprint density at radius 1 is 1.12 bits per heavy atom. The molecule has 2 atom stereocenters. The summed E-state index contributed by atoms with van der Waals surface area (Å²) in [4.78, 5) is 17.5. The number of amides is 1. The predicted octanol–water partition coefficient (Wildman–Crippen LogP) is 5.69. The number of phenols is 1. The molecule has 0 saturated carbocycles. The van der Waals surface area contributed by atoms with Crippen LogP contribution in [0.3, 0.4) is 0 Å². The second-order valence-corrected chi connectivity index (χ2v) is 11.2. The molecule has 0 spiro atoms. The lowest BCUT2D eigenvalue weighted by Gasteiger charge is -2.27. The number of aliphatic hydroxyl groups is 1. The summed E-state index contributed by atoms with van der Waals surface area (Å²) in [6, 6.07) is 19.4. The number of hydrogen-bond donors (Lipinski definition) is 3. The third kappa shape index (κ3) is 6.87. The number of hydrogen-bond acceptors (Lipinski definition) is 6. The number of benzene rings is 3. The molecule has 0 bridgehead atoms. The molecule has 0 radical (unpaired) electrons. The number of rotatable bonds is 11. The van der Waals surface area contributed by atoms with Gasteiger partial charge in [-0.2, -0.15) is 0 Å². The minimum atomic E-state index is -0.593. The van der Waals surface area contributed by atoms with Crippen molar-refractivity contribution in [3.63, 3.8) is 0 Å². The average molecular weight is 558 g/mol. The summed E-state index contributed by atoms with van der Waals surface area (Å²) in [5, 5.41) is 23.4. The SMILES string of the molecule is C[C@H](O)CNC(=O)c1ccc(SCc2c3c(cc(O)c2O[C@H](Cn2ccnc2)c2ccccc2)CCCC3)cc1. The number of phenolic OH excluding ortho intramolecular Hbond substituents is 1. The molecule has 3 N–H and O–H groups in total. The van der Waals surface area contributed by atoms with Crippen LogP contribution in [-0.2, 0) is 25.1 Å². The molecule has 4 aromatic rings. The summed E-state index contributed by atoms with van der Waals surface area (Å²) in [5.41, 5.74) is 5.08. The largest absolute Gasteiger partial charge is 0.504 e. The molecule has 1 aliphatic carbocycles. The molecule has 1 amide bonds. The number of aromatic nitrogens is 2. The van der Waals surface area contributed by atoms with Crippen LogP contribution in [0.15, 0.2) is 84.3 Å². The van der Waals surface area contributed by atoms with E-state index in [1.54, 1.807) is 43.3 Å². The van der Waals surface area contributed by atoms with E-state index in [2.05, 4.69) is 10.3 Å². The van der Waals surface area contributed by atoms with Crippen LogP contribution >= 0.6 is 11.8 Å². The maximum Gasteiger partial charge on any atom is 0.251 e. The van der Waals surface area contributed by atoms with E-state index in [1.807, 2.05) is 59.3 Å². The molecule has 0 aliphatic heterocycles. The molecule has 7 nitrogen and oxygen atoms in total. The van der Waals surface area contributed by atoms with Crippen molar-refractivity contribution in [3.8, 4) is 11.5 Å². The first kappa shape index (κ1) is 27.8. The quantitative estimate of drug-likeness (QED) is 0.205. The highest BCUT2D eigenvalue weighted by atomic mass is 32.2. The highest BCUT2D eigenvalue weighted by molar-refractivity contribution is 7.98. The Bertz CT molecular complexity index is 1410. The van der Waals surface area contributed by atoms with E-state index in [-0.39, 0.29) is 24.3 Å². The van der Waals surface area contributed by atoms with Crippen LogP contribution in [0.4, 0.5) is 0 Å². The van der Waals surface area contributed by atoms with Crippen molar-refractivity contribution in [1.29, 1.82) is 0 Å². The Kier molecular flexibility index (Phi) is 9.08. The van der Waals surface area contributed by atoms with Gasteiger partial charge in [0.15, 0.2) is 11.5 Å². The van der Waals surface area contributed by atoms with E-state index in [0.717, 1.165) is 41.7 Å². The number of carbonyl (C=O) groups excluding carboxylic acids is 1. The molecule has 1 aliphatic rings. The number of ether oxygens (including phenoxy) is 1. The van der Waals surface area contributed by atoms with Crippen LogP contribution in [0.2, 0.25) is 0 Å². The summed E-state index contributed by atoms with van der Waals surface area (Å²) in [5.74, 6) is 1.14. The van der Waals surface area contributed by atoms with Gasteiger partial charge in [-0.1, -0.05) is 30.3 Å². The fourth-order valence-electron chi connectivity index (χ4n) is 5.05. The Balaban J connectivity index is 1.41. The number of fused-ring (bicyclic) bond motifs is 1. The number of nitrogens with one attached hydrogen (secondary N) is 1. The molecule has 0 saturated heterocycles. The first-order valence-corrected chi connectivity index (χ1v) is 14.7. The lowest BCUT2D eigenvalue weighted by Crippen LogP contribution is -2.30. The van der Waals surface area contributed by atoms with Crippen LogP contribution in [-0.4, -0.2) is 38.3 Å². The number of aryl methyl sites for hydroxylation is 1. The van der Waals surface area contributed by atoms with Crippen molar-refractivity contribution in [1.82, 2.24) is 14.9 Å². The van der Waals surface area contributed by atoms with Gasteiger partial charge < -0.3 is 24.8 Å². The molecule has 3 aromatic carbocycles. The van der Waals surface area contributed by atoms with Gasteiger partial charge in [-0.25, -0.2) is 4.98 Å². The second-order valence-electron chi connectivity index (χ2n) is 10.2. The minimum absolute atomic E-state index is 0.174. The van der Waals surface area contributed by atoms with Crippen LogP contribution in [0, 0.1) is 0 Å². The molecule has 0 fully saturated rings. The molecular weight excluding hydrogens is 522 g/mol. The monoisotopic (exact) mass is 557 g/mol. The van der Waals surface area contributed by atoms with Crippen molar-refractivity contribution < 1.29 is 19.7 Å². The number of carbonyl (C=O) groups is 1. The molecule has 208 valence electrons. The molecular formula is C32H35N3O4S. The molecule has 8 heteroatoms. The van der Waals surface area contributed by atoms with E-state index in [0.29, 0.717) is 23.6 Å². The normalized spacial score (nSPS) is 14.2. The van der Waals surface area contributed by atoms with Gasteiger partial charge in [0, 0.05) is 40.7 Å². The van der Waals surface area contributed by atoms with Crippen LogP contribution in [0.25, 0.3) is 0 Å². The number of thioether (sulfide) groups is 1. The fourth-order valence-corrected chi connectivity index (χ4v) is 5.99. The zero-order valence-corrected chi connectivity index (χ0v) is 23.4. The van der Waals surface area contributed by atoms with Gasteiger partial charge in [0.25, 0.3) is 5.91 Å². The number of imidazole rings is 1. The standard InChI is InChI=1S/C32H35N3O4S/c1-22(36)18-34-32(38)24-11-13-26(14-12-24)40-20-28-27-10-6-5-9-25(27)17-29(37)31(28)39-30(19-35-16-15-33-21-35)23-7-3-2-4-8-23/h2-4,7-8,11-17,21-22,30,36-37H,5-6,9-10,18-20H2,1H3,(H,34,38)/t22-,30+/m0/s1. The van der Waals surface area contributed by atoms with Gasteiger partial charge in [-0.15, -0.1) is 11.8 Å². The van der Waals surface area contributed by atoms with Gasteiger partial charge in [0.05, 0.1) is 19.0 Å². The molecule has 0 unspecified atom stereocenters. The topological polar surface area (TPSA) is 96.6 Å². The Morgan fingerprint density at radius 3 is 2.62 bits per heavy atom. The van der Waals surface area contributed by atoms with Gasteiger partial charge in [-0.05, 0) is 79.6 Å². The first-order chi connectivity index (χ1) is 19.5. The second kappa shape index (κ2) is 13.1. The Morgan fingerprint density at radius 2 is 1.90 bits per heavy atom. The van der Waals surface area contributed by atoms with Crippen molar-refractivity contribution in [2.75, 3.05) is 6.54 Å². The zero-order chi connectivity index (χ0) is 27.9. The predicted molar refractivity (Wildman–Crippen MR) is 157 cm³/mol. The lowest BCUT2D eigenvalue weighted by molar-refractivity contribution is 0.0924. The third-order valence-corrected chi connectivity index (χ3v) is 8.16. The summed E-state index contributed by atoms with van der Waals surface area (Å²) in [7, 11) is 0. The van der Waals surface area contributed by atoms with Crippen LogP contribution < -0.4 is 10.1 Å². The van der Waals surface area contributed by atoms with Crippen molar-refractivity contribution in [3.05, 3.63) is 107 Å². The van der Waals surface area contributed by atoms with Crippen LogP contribution in [0.1, 0.15) is 58.5 Å². The Labute approximate surface area is 239 Å². The van der Waals surface area contributed by atoms with Gasteiger partial charge in [0.1, 0.15) is 6.10 Å². The third-order valence-electron chi connectivity index (χ3n) is 7.12.